The Balaban J connectivity index is 2.83. The Bertz CT molecular complexity index is 507. The molecule has 0 fully saturated rings. The molecule has 0 bridgehead atoms. The second-order valence-corrected chi connectivity index (χ2v) is 5.49. The van der Waals surface area contributed by atoms with Gasteiger partial charge in [0.05, 0.1) is 18.3 Å². The fourth-order valence-corrected chi connectivity index (χ4v) is 1.89. The molecule has 21 heavy (non-hydrogen) atoms. The van der Waals surface area contributed by atoms with Gasteiger partial charge in [-0.2, -0.15) is 5.10 Å². The number of rotatable bonds is 6. The summed E-state index contributed by atoms with van der Waals surface area (Å²) in [4.78, 5) is 24.8. The number of carbonyl (C=O) groups is 2. The van der Waals surface area contributed by atoms with E-state index in [1.807, 2.05) is 0 Å². The van der Waals surface area contributed by atoms with Crippen LogP contribution in [0.15, 0.2) is 12.4 Å². The molecule has 8 nitrogen and oxygen atoms in total. The van der Waals surface area contributed by atoms with Gasteiger partial charge in [-0.1, -0.05) is 0 Å². The molecule has 3 N–H and O–H groups in total. The first-order valence-electron chi connectivity index (χ1n) is 6.63. The third-order valence-electron chi connectivity index (χ3n) is 2.82. The number of hydrogen-bond acceptors (Lipinski definition) is 4. The van der Waals surface area contributed by atoms with E-state index >= 15 is 0 Å². The molecule has 1 unspecified atom stereocenters. The summed E-state index contributed by atoms with van der Waals surface area (Å²) in [6.45, 7) is 5.38. The van der Waals surface area contributed by atoms with Gasteiger partial charge in [-0.05, 0) is 20.8 Å². The number of aliphatic carboxylic acids is 1. The summed E-state index contributed by atoms with van der Waals surface area (Å²) >= 11 is 0. The van der Waals surface area contributed by atoms with Crippen molar-refractivity contribution in [3.8, 4) is 0 Å². The molecular formula is C13H22N4O4. The Morgan fingerprint density at radius 1 is 1.52 bits per heavy atom. The lowest BCUT2D eigenvalue weighted by molar-refractivity contribution is -0.139. The van der Waals surface area contributed by atoms with Gasteiger partial charge in [0.15, 0.2) is 6.04 Å². The number of nitrogens with zero attached hydrogens (tertiary/aromatic N) is 3. The molecule has 0 saturated carbocycles. The zero-order valence-electron chi connectivity index (χ0n) is 12.7. The molecule has 0 aliphatic heterocycles. The summed E-state index contributed by atoms with van der Waals surface area (Å²) in [5.74, 6) is -1.17. The Morgan fingerprint density at radius 3 is 2.52 bits per heavy atom. The first-order chi connectivity index (χ1) is 9.64. The van der Waals surface area contributed by atoms with E-state index in [9.17, 15) is 19.8 Å². The topological polar surface area (TPSA) is 108 Å². The number of carboxylic acids is 1. The quantitative estimate of drug-likeness (QED) is 0.702. The SMILES string of the molecule is CCN(CC(C)(C)O)C(=O)NC(C(=O)O)c1cnn(C)c1. The van der Waals surface area contributed by atoms with Crippen LogP contribution in [0, 0.1) is 0 Å². The number of likely N-dealkylation sites (N-methyl/N-ethyl adjacent to an activating group) is 1. The number of carboxylic acid groups (broad SMARTS) is 1. The normalized spacial score (nSPS) is 12.8. The van der Waals surface area contributed by atoms with Crippen molar-refractivity contribution in [3.05, 3.63) is 18.0 Å². The number of aliphatic hydroxyl groups is 1. The van der Waals surface area contributed by atoms with E-state index in [2.05, 4.69) is 10.4 Å². The number of urea groups is 1. The third-order valence-corrected chi connectivity index (χ3v) is 2.82. The van der Waals surface area contributed by atoms with Crippen LogP contribution in [0.3, 0.4) is 0 Å². The summed E-state index contributed by atoms with van der Waals surface area (Å²) in [5.41, 5.74) is -0.668. The van der Waals surface area contributed by atoms with Gasteiger partial charge in [0.25, 0.3) is 0 Å². The molecule has 0 radical (unpaired) electrons. The molecule has 1 aromatic heterocycles. The summed E-state index contributed by atoms with van der Waals surface area (Å²) in [6, 6.07) is -1.72. The van der Waals surface area contributed by atoms with Gasteiger partial charge >= 0.3 is 12.0 Å². The molecule has 0 aliphatic carbocycles. The molecule has 1 aromatic rings. The highest BCUT2D eigenvalue weighted by atomic mass is 16.4. The van der Waals surface area contributed by atoms with Crippen molar-refractivity contribution in [1.82, 2.24) is 20.0 Å². The average molecular weight is 298 g/mol. The van der Waals surface area contributed by atoms with E-state index in [0.29, 0.717) is 12.1 Å². The van der Waals surface area contributed by atoms with E-state index in [4.69, 9.17) is 0 Å². The van der Waals surface area contributed by atoms with Crippen molar-refractivity contribution < 1.29 is 19.8 Å². The number of aryl methyl sites for hydroxylation is 1. The Hall–Kier alpha value is -2.09. The second kappa shape index (κ2) is 6.57. The van der Waals surface area contributed by atoms with Gasteiger partial charge in [0.1, 0.15) is 0 Å². The lowest BCUT2D eigenvalue weighted by Gasteiger charge is -2.29. The fourth-order valence-electron chi connectivity index (χ4n) is 1.89. The molecule has 0 saturated heterocycles. The van der Waals surface area contributed by atoms with Gasteiger partial charge in [-0.25, -0.2) is 9.59 Å². The molecule has 1 rings (SSSR count). The Kier molecular flexibility index (Phi) is 5.31. The van der Waals surface area contributed by atoms with E-state index in [0.717, 1.165) is 0 Å². The number of nitrogens with one attached hydrogen (secondary N) is 1. The largest absolute Gasteiger partial charge is 0.479 e. The molecule has 0 spiro atoms. The van der Waals surface area contributed by atoms with Crippen LogP contribution in [-0.4, -0.2) is 55.6 Å². The number of aromatic nitrogens is 2. The smallest absolute Gasteiger partial charge is 0.331 e. The predicted molar refractivity (Wildman–Crippen MR) is 75.7 cm³/mol. The third kappa shape index (κ3) is 5.07. The molecule has 8 heteroatoms. The molecule has 0 aliphatic rings. The molecule has 1 heterocycles. The zero-order valence-corrected chi connectivity index (χ0v) is 12.7. The minimum atomic E-state index is -1.18. The maximum atomic E-state index is 12.2. The standard InChI is InChI=1S/C13H22N4O4/c1-5-17(8-13(2,3)21)12(20)15-10(11(18)19)9-6-14-16(4)7-9/h6-7,10,21H,5,8H2,1-4H3,(H,15,20)(H,18,19). The highest BCUT2D eigenvalue weighted by Crippen LogP contribution is 2.13. The van der Waals surface area contributed by atoms with Crippen LogP contribution in [-0.2, 0) is 11.8 Å². The first kappa shape index (κ1) is 17.0. The minimum absolute atomic E-state index is 0.106. The molecule has 1 atom stereocenters. The van der Waals surface area contributed by atoms with Crippen molar-refractivity contribution in [2.75, 3.05) is 13.1 Å². The van der Waals surface area contributed by atoms with Crippen LogP contribution in [0.2, 0.25) is 0 Å². The molecule has 118 valence electrons. The van der Waals surface area contributed by atoms with Crippen molar-refractivity contribution in [1.29, 1.82) is 0 Å². The monoisotopic (exact) mass is 298 g/mol. The molecular weight excluding hydrogens is 276 g/mol. The lowest BCUT2D eigenvalue weighted by Crippen LogP contribution is -2.48. The maximum absolute atomic E-state index is 12.2. The van der Waals surface area contributed by atoms with Gasteiger partial charge in [0.2, 0.25) is 0 Å². The highest BCUT2D eigenvalue weighted by Gasteiger charge is 2.27. The summed E-state index contributed by atoms with van der Waals surface area (Å²) < 4.78 is 1.46. The van der Waals surface area contributed by atoms with Crippen LogP contribution in [0.4, 0.5) is 4.79 Å². The Labute approximate surface area is 123 Å². The molecule has 0 aromatic carbocycles. The van der Waals surface area contributed by atoms with Crippen molar-refractivity contribution in [3.63, 3.8) is 0 Å². The number of hydrogen-bond donors (Lipinski definition) is 3. The lowest BCUT2D eigenvalue weighted by atomic mass is 10.1. The predicted octanol–water partition coefficient (Wildman–Crippen LogP) is 0.348. The van der Waals surface area contributed by atoms with Crippen molar-refractivity contribution in [2.45, 2.75) is 32.4 Å². The van der Waals surface area contributed by atoms with E-state index in [-0.39, 0.29) is 6.54 Å². The summed E-state index contributed by atoms with van der Waals surface area (Å²) in [7, 11) is 1.66. The van der Waals surface area contributed by atoms with Crippen LogP contribution in [0.25, 0.3) is 0 Å². The maximum Gasteiger partial charge on any atom is 0.331 e. The summed E-state index contributed by atoms with van der Waals surface area (Å²) in [6.07, 6.45) is 2.93. The first-order valence-corrected chi connectivity index (χ1v) is 6.63. The number of amides is 2. The van der Waals surface area contributed by atoms with Gasteiger partial charge in [0, 0.05) is 25.4 Å². The van der Waals surface area contributed by atoms with Crippen LogP contribution < -0.4 is 5.32 Å². The molecule has 2 amide bonds. The second-order valence-electron chi connectivity index (χ2n) is 5.49. The van der Waals surface area contributed by atoms with E-state index in [1.54, 1.807) is 27.8 Å². The summed E-state index contributed by atoms with van der Waals surface area (Å²) in [5, 5.41) is 25.4. The minimum Gasteiger partial charge on any atom is -0.479 e. The number of carbonyl (C=O) groups excluding carboxylic acids is 1. The van der Waals surface area contributed by atoms with Crippen LogP contribution in [0.5, 0.6) is 0 Å². The van der Waals surface area contributed by atoms with Crippen LogP contribution >= 0.6 is 0 Å². The van der Waals surface area contributed by atoms with Crippen molar-refractivity contribution in [2.24, 2.45) is 7.05 Å². The van der Waals surface area contributed by atoms with Crippen LogP contribution in [0.1, 0.15) is 32.4 Å². The van der Waals surface area contributed by atoms with Gasteiger partial charge in [-0.15, -0.1) is 0 Å². The highest BCUT2D eigenvalue weighted by molar-refractivity contribution is 5.83. The van der Waals surface area contributed by atoms with Gasteiger partial charge in [-0.3, -0.25) is 4.68 Å². The fraction of sp³-hybridized carbons (Fsp3) is 0.615. The van der Waals surface area contributed by atoms with E-state index in [1.165, 1.54) is 22.0 Å². The van der Waals surface area contributed by atoms with E-state index < -0.39 is 23.6 Å². The Morgan fingerprint density at radius 2 is 2.14 bits per heavy atom. The van der Waals surface area contributed by atoms with Gasteiger partial charge < -0.3 is 20.4 Å². The average Bonchev–Trinajstić information content (AvgIpc) is 2.77. The zero-order chi connectivity index (χ0) is 16.2. The van der Waals surface area contributed by atoms with Crippen molar-refractivity contribution >= 4 is 12.0 Å².